The van der Waals surface area contributed by atoms with Crippen molar-refractivity contribution in [2.24, 2.45) is 5.92 Å². The van der Waals surface area contributed by atoms with Gasteiger partial charge in [-0.05, 0) is 42.0 Å². The Hall–Kier alpha value is -3.14. The second-order valence-electron chi connectivity index (χ2n) is 7.69. The lowest BCUT2D eigenvalue weighted by Gasteiger charge is -2.10. The minimum absolute atomic E-state index is 0.496. The lowest BCUT2D eigenvalue weighted by atomic mass is 10.1. The van der Waals surface area contributed by atoms with Gasteiger partial charge in [-0.15, -0.1) is 0 Å². The summed E-state index contributed by atoms with van der Waals surface area (Å²) in [5, 5.41) is 1.10. The van der Waals surface area contributed by atoms with Crippen LogP contribution in [0.5, 0.6) is 0 Å². The number of imidazole rings is 1. The molecule has 4 nitrogen and oxygen atoms in total. The number of rotatable bonds is 6. The smallest absolute Gasteiger partial charge is 0.152 e. The average Bonchev–Trinajstić information content (AvgIpc) is 3.10. The molecule has 2 N–H and O–H groups in total. The number of hydrogen-bond acceptors (Lipinski definition) is 3. The molecule has 0 unspecified atom stereocenters. The largest absolute Gasteiger partial charge is 0.382 e. The van der Waals surface area contributed by atoms with E-state index in [-0.39, 0.29) is 0 Å². The summed E-state index contributed by atoms with van der Waals surface area (Å²) in [5.74, 6) is 1.03. The highest BCUT2D eigenvalue weighted by atomic mass is 15.1. The van der Waals surface area contributed by atoms with Gasteiger partial charge in [-0.1, -0.05) is 62.4 Å². The summed E-state index contributed by atoms with van der Waals surface area (Å²) >= 11 is 0. The van der Waals surface area contributed by atoms with Crippen molar-refractivity contribution < 1.29 is 0 Å². The lowest BCUT2D eigenvalue weighted by Crippen LogP contribution is -2.03. The van der Waals surface area contributed by atoms with Crippen LogP contribution in [0.25, 0.3) is 28.0 Å². The molecule has 0 aliphatic rings. The van der Waals surface area contributed by atoms with E-state index in [1.54, 1.807) is 0 Å². The predicted molar refractivity (Wildman–Crippen MR) is 118 cm³/mol. The number of fused-ring (bicyclic) bond motifs is 3. The van der Waals surface area contributed by atoms with Crippen LogP contribution in [0.4, 0.5) is 5.82 Å². The standard InChI is InChI=1S/C24H26N4/c1-17(2)15-28-16-26-22-23(28)20-14-19(12-13-21(20)27-24(22)25)11-7-6-10-18-8-4-3-5-9-18/h3-5,7-9,11-14,16-17H,6,10,15H2,1-2H3,(H2,25,27)/b11-7+. The molecule has 2 heterocycles. The minimum atomic E-state index is 0.496. The van der Waals surface area contributed by atoms with Crippen molar-refractivity contribution in [3.8, 4) is 0 Å². The van der Waals surface area contributed by atoms with Crippen LogP contribution in [0, 0.1) is 5.92 Å². The van der Waals surface area contributed by atoms with Gasteiger partial charge in [0.15, 0.2) is 5.82 Å². The zero-order valence-corrected chi connectivity index (χ0v) is 16.5. The molecule has 0 spiro atoms. The van der Waals surface area contributed by atoms with Crippen molar-refractivity contribution in [1.82, 2.24) is 14.5 Å². The Kier molecular flexibility index (Phi) is 5.11. The van der Waals surface area contributed by atoms with E-state index < -0.39 is 0 Å². The van der Waals surface area contributed by atoms with Crippen LogP contribution in [-0.2, 0) is 13.0 Å². The van der Waals surface area contributed by atoms with E-state index in [9.17, 15) is 0 Å². The van der Waals surface area contributed by atoms with E-state index in [1.165, 1.54) is 11.1 Å². The molecule has 0 aliphatic carbocycles. The van der Waals surface area contributed by atoms with Gasteiger partial charge in [0, 0.05) is 11.9 Å². The van der Waals surface area contributed by atoms with Gasteiger partial charge < -0.3 is 10.3 Å². The van der Waals surface area contributed by atoms with Gasteiger partial charge in [-0.2, -0.15) is 0 Å². The maximum absolute atomic E-state index is 6.16. The molecule has 4 rings (SSSR count). The minimum Gasteiger partial charge on any atom is -0.382 e. The Balaban J connectivity index is 1.65. The molecule has 0 bridgehead atoms. The van der Waals surface area contributed by atoms with E-state index in [2.05, 4.69) is 89.1 Å². The van der Waals surface area contributed by atoms with Crippen molar-refractivity contribution in [3.63, 3.8) is 0 Å². The molecule has 2 aromatic heterocycles. The first-order valence-electron chi connectivity index (χ1n) is 9.86. The highest BCUT2D eigenvalue weighted by Gasteiger charge is 2.13. The number of nitrogens with zero attached hydrogens (tertiary/aromatic N) is 3. The summed E-state index contributed by atoms with van der Waals surface area (Å²) < 4.78 is 2.20. The third-order valence-electron chi connectivity index (χ3n) is 4.91. The summed E-state index contributed by atoms with van der Waals surface area (Å²) in [6, 6.07) is 16.9. The number of aryl methyl sites for hydroxylation is 1. The highest BCUT2D eigenvalue weighted by molar-refractivity contribution is 6.06. The van der Waals surface area contributed by atoms with Gasteiger partial charge in [-0.3, -0.25) is 0 Å². The van der Waals surface area contributed by atoms with Crippen molar-refractivity contribution >= 4 is 33.8 Å². The molecule has 0 amide bonds. The molecule has 4 heteroatoms. The molecular formula is C24H26N4. The van der Waals surface area contributed by atoms with Gasteiger partial charge in [-0.25, -0.2) is 9.97 Å². The number of hydrogen-bond donors (Lipinski definition) is 1. The Morgan fingerprint density at radius 3 is 2.71 bits per heavy atom. The van der Waals surface area contributed by atoms with Crippen molar-refractivity contribution in [2.75, 3.05) is 5.73 Å². The summed E-state index contributed by atoms with van der Waals surface area (Å²) in [6.45, 7) is 5.32. The van der Waals surface area contributed by atoms with Crippen molar-refractivity contribution in [3.05, 3.63) is 72.1 Å². The van der Waals surface area contributed by atoms with E-state index in [4.69, 9.17) is 5.73 Å². The number of aromatic nitrogens is 3. The first-order valence-corrected chi connectivity index (χ1v) is 9.86. The van der Waals surface area contributed by atoms with Crippen LogP contribution < -0.4 is 5.73 Å². The Bertz CT molecular complexity index is 1120. The molecule has 142 valence electrons. The lowest BCUT2D eigenvalue weighted by molar-refractivity contribution is 0.533. The summed E-state index contributed by atoms with van der Waals surface area (Å²) in [5.41, 5.74) is 11.5. The Labute approximate surface area is 165 Å². The molecule has 0 atom stereocenters. The molecule has 0 aliphatic heterocycles. The number of pyridine rings is 1. The number of allylic oxidation sites excluding steroid dienone is 1. The third-order valence-corrected chi connectivity index (χ3v) is 4.91. The summed E-state index contributed by atoms with van der Waals surface area (Å²) in [4.78, 5) is 9.07. The van der Waals surface area contributed by atoms with Gasteiger partial charge in [0.2, 0.25) is 0 Å². The quantitative estimate of drug-likeness (QED) is 0.490. The third kappa shape index (κ3) is 3.77. The fourth-order valence-corrected chi connectivity index (χ4v) is 3.63. The van der Waals surface area contributed by atoms with Crippen LogP contribution >= 0.6 is 0 Å². The van der Waals surface area contributed by atoms with E-state index >= 15 is 0 Å². The Morgan fingerprint density at radius 1 is 1.11 bits per heavy atom. The van der Waals surface area contributed by atoms with Crippen LogP contribution in [0.3, 0.4) is 0 Å². The number of nitrogens with two attached hydrogens (primary N) is 1. The first-order chi connectivity index (χ1) is 13.6. The first kappa shape index (κ1) is 18.2. The van der Waals surface area contributed by atoms with Gasteiger partial charge >= 0.3 is 0 Å². The van der Waals surface area contributed by atoms with Crippen molar-refractivity contribution in [2.45, 2.75) is 33.2 Å². The van der Waals surface area contributed by atoms with Crippen LogP contribution in [0.15, 0.2) is 60.9 Å². The van der Waals surface area contributed by atoms with Gasteiger partial charge in [0.05, 0.1) is 17.4 Å². The van der Waals surface area contributed by atoms with Gasteiger partial charge in [0.1, 0.15) is 5.52 Å². The van der Waals surface area contributed by atoms with E-state index in [0.717, 1.165) is 41.3 Å². The fourth-order valence-electron chi connectivity index (χ4n) is 3.63. The van der Waals surface area contributed by atoms with E-state index in [1.807, 2.05) is 6.33 Å². The monoisotopic (exact) mass is 370 g/mol. The number of anilines is 1. The van der Waals surface area contributed by atoms with Crippen LogP contribution in [-0.4, -0.2) is 14.5 Å². The Morgan fingerprint density at radius 2 is 1.93 bits per heavy atom. The number of benzene rings is 2. The molecule has 2 aromatic carbocycles. The van der Waals surface area contributed by atoms with Crippen molar-refractivity contribution in [1.29, 1.82) is 0 Å². The molecule has 0 radical (unpaired) electrons. The fraction of sp³-hybridized carbons (Fsp3) is 0.250. The zero-order chi connectivity index (χ0) is 19.5. The van der Waals surface area contributed by atoms with E-state index in [0.29, 0.717) is 11.7 Å². The van der Waals surface area contributed by atoms with Gasteiger partial charge in [0.25, 0.3) is 0 Å². The molecular weight excluding hydrogens is 344 g/mol. The molecule has 0 saturated carbocycles. The second kappa shape index (κ2) is 7.85. The number of nitrogen functional groups attached to an aromatic ring is 1. The molecule has 0 fully saturated rings. The zero-order valence-electron chi connectivity index (χ0n) is 16.5. The average molecular weight is 371 g/mol. The summed E-state index contributed by atoms with van der Waals surface area (Å²) in [6.07, 6.45) is 8.37. The summed E-state index contributed by atoms with van der Waals surface area (Å²) in [7, 11) is 0. The maximum atomic E-state index is 6.16. The van der Waals surface area contributed by atoms with Crippen LogP contribution in [0.1, 0.15) is 31.4 Å². The second-order valence-corrected chi connectivity index (χ2v) is 7.69. The predicted octanol–water partition coefficient (Wildman–Crippen LogP) is 5.47. The topological polar surface area (TPSA) is 56.7 Å². The molecule has 28 heavy (non-hydrogen) atoms. The van der Waals surface area contributed by atoms with Crippen LogP contribution in [0.2, 0.25) is 0 Å². The normalized spacial score (nSPS) is 12.0. The maximum Gasteiger partial charge on any atom is 0.152 e. The molecule has 0 saturated heterocycles. The highest BCUT2D eigenvalue weighted by Crippen LogP contribution is 2.28. The molecule has 4 aromatic rings. The SMILES string of the molecule is CC(C)Cn1cnc2c(N)nc3ccc(/C=C/CCc4ccccc4)cc3c21.